The molecule has 1 N–H and O–H groups in total. The zero-order valence-corrected chi connectivity index (χ0v) is 12.6. The fourth-order valence-corrected chi connectivity index (χ4v) is 2.85. The molecule has 0 bridgehead atoms. The largest absolute Gasteiger partial charge is 0.385 e. The third-order valence-corrected chi connectivity index (χ3v) is 4.18. The monoisotopic (exact) mass is 302 g/mol. The highest BCUT2D eigenvalue weighted by molar-refractivity contribution is 6.33. The van der Waals surface area contributed by atoms with E-state index in [1.165, 1.54) is 0 Å². The zero-order chi connectivity index (χ0) is 14.5. The van der Waals surface area contributed by atoms with Gasteiger partial charge in [0.1, 0.15) is 0 Å². The maximum absolute atomic E-state index is 6.21. The zero-order valence-electron chi connectivity index (χ0n) is 11.9. The number of hydrogen-bond donors (Lipinski definition) is 1. The van der Waals surface area contributed by atoms with E-state index in [0.29, 0.717) is 10.9 Å². The Morgan fingerprint density at radius 3 is 2.90 bits per heavy atom. The van der Waals surface area contributed by atoms with Crippen molar-refractivity contribution in [2.75, 3.05) is 25.1 Å². The van der Waals surface area contributed by atoms with Crippen molar-refractivity contribution in [3.63, 3.8) is 0 Å². The molecule has 0 unspecified atom stereocenters. The average Bonchev–Trinajstić information content (AvgIpc) is 2.55. The fraction of sp³-hybridized carbons (Fsp3) is 0.353. The minimum Gasteiger partial charge on any atom is -0.385 e. The molecule has 0 atom stereocenters. The van der Waals surface area contributed by atoms with E-state index in [0.717, 1.165) is 49.4 Å². The summed E-state index contributed by atoms with van der Waals surface area (Å²) in [4.78, 5) is 4.03. The van der Waals surface area contributed by atoms with Gasteiger partial charge in [0.15, 0.2) is 0 Å². The lowest BCUT2D eigenvalue weighted by Gasteiger charge is -2.22. The highest BCUT2D eigenvalue weighted by Crippen LogP contribution is 2.28. The first-order chi connectivity index (χ1) is 10.3. The van der Waals surface area contributed by atoms with Crippen LogP contribution in [-0.4, -0.2) is 24.7 Å². The van der Waals surface area contributed by atoms with E-state index in [1.54, 1.807) is 12.4 Å². The van der Waals surface area contributed by atoms with E-state index < -0.39 is 0 Å². The fourth-order valence-electron chi connectivity index (χ4n) is 2.62. The predicted octanol–water partition coefficient (Wildman–Crippen LogP) is 4.24. The van der Waals surface area contributed by atoms with Crippen molar-refractivity contribution >= 4 is 17.3 Å². The average molecular weight is 303 g/mol. The minimum atomic E-state index is 0.680. The van der Waals surface area contributed by atoms with Gasteiger partial charge in [-0.25, -0.2) is 0 Å². The molecule has 0 aliphatic carbocycles. The number of hydrogen-bond acceptors (Lipinski definition) is 3. The molecule has 0 saturated carbocycles. The van der Waals surface area contributed by atoms with Crippen molar-refractivity contribution in [1.82, 2.24) is 4.98 Å². The lowest BCUT2D eigenvalue weighted by Crippen LogP contribution is -2.22. The second-order valence-corrected chi connectivity index (χ2v) is 5.78. The van der Waals surface area contributed by atoms with Crippen LogP contribution < -0.4 is 5.32 Å². The van der Waals surface area contributed by atoms with Gasteiger partial charge < -0.3 is 10.1 Å². The summed E-state index contributed by atoms with van der Waals surface area (Å²) >= 11 is 6.21. The Balaban J connectivity index is 1.70. The molecule has 0 spiro atoms. The Morgan fingerprint density at radius 1 is 1.24 bits per heavy atom. The Hall–Kier alpha value is -1.58. The smallest absolute Gasteiger partial charge is 0.0667 e. The van der Waals surface area contributed by atoms with Crippen LogP contribution in [0.1, 0.15) is 12.8 Å². The van der Waals surface area contributed by atoms with Crippen LogP contribution >= 0.6 is 11.6 Å². The number of pyridine rings is 1. The molecule has 1 aromatic heterocycles. The van der Waals surface area contributed by atoms with Crippen LogP contribution in [0.15, 0.2) is 42.7 Å². The summed E-state index contributed by atoms with van der Waals surface area (Å²) in [7, 11) is 0. The summed E-state index contributed by atoms with van der Waals surface area (Å²) < 4.78 is 5.39. The summed E-state index contributed by atoms with van der Waals surface area (Å²) in [5.74, 6) is 0.701. The molecule has 3 nitrogen and oxygen atoms in total. The third-order valence-electron chi connectivity index (χ3n) is 3.88. The number of halogens is 1. The standard InChI is InChI=1S/C17H19ClN2O/c18-17-12-19-7-4-16(17)14-2-1-3-15(10-14)20-11-13-5-8-21-9-6-13/h1-4,7,10,12-13,20H,5-6,8-9,11H2. The summed E-state index contributed by atoms with van der Waals surface area (Å²) in [6.07, 6.45) is 5.73. The van der Waals surface area contributed by atoms with Crippen molar-refractivity contribution in [2.24, 2.45) is 5.92 Å². The SMILES string of the molecule is Clc1cnccc1-c1cccc(NCC2CCOCC2)c1. The molecule has 21 heavy (non-hydrogen) atoms. The van der Waals surface area contributed by atoms with Crippen LogP contribution in [0, 0.1) is 5.92 Å². The number of aromatic nitrogens is 1. The van der Waals surface area contributed by atoms with Crippen molar-refractivity contribution < 1.29 is 4.74 Å². The second-order valence-electron chi connectivity index (χ2n) is 5.37. The lowest BCUT2D eigenvalue weighted by molar-refractivity contribution is 0.0699. The highest BCUT2D eigenvalue weighted by atomic mass is 35.5. The van der Waals surface area contributed by atoms with Gasteiger partial charge in [0, 0.05) is 43.4 Å². The quantitative estimate of drug-likeness (QED) is 0.917. The molecule has 0 radical (unpaired) electrons. The number of nitrogens with zero attached hydrogens (tertiary/aromatic N) is 1. The lowest BCUT2D eigenvalue weighted by atomic mass is 10.00. The molecule has 3 rings (SSSR count). The number of anilines is 1. The van der Waals surface area contributed by atoms with Crippen molar-refractivity contribution in [3.05, 3.63) is 47.7 Å². The van der Waals surface area contributed by atoms with Gasteiger partial charge in [0.2, 0.25) is 0 Å². The molecular formula is C17H19ClN2O. The van der Waals surface area contributed by atoms with Crippen molar-refractivity contribution in [3.8, 4) is 11.1 Å². The summed E-state index contributed by atoms with van der Waals surface area (Å²) in [5.41, 5.74) is 3.26. The van der Waals surface area contributed by atoms with Crippen LogP contribution in [0.5, 0.6) is 0 Å². The molecule has 110 valence electrons. The van der Waals surface area contributed by atoms with Crippen LogP contribution in [0.3, 0.4) is 0 Å². The Labute approximate surface area is 130 Å². The van der Waals surface area contributed by atoms with Crippen molar-refractivity contribution in [1.29, 1.82) is 0 Å². The van der Waals surface area contributed by atoms with E-state index in [-0.39, 0.29) is 0 Å². The molecule has 2 aromatic rings. The summed E-state index contributed by atoms with van der Waals surface area (Å²) in [6, 6.07) is 10.3. The maximum Gasteiger partial charge on any atom is 0.0667 e. The van der Waals surface area contributed by atoms with E-state index in [4.69, 9.17) is 16.3 Å². The van der Waals surface area contributed by atoms with Gasteiger partial charge in [-0.2, -0.15) is 0 Å². The van der Waals surface area contributed by atoms with E-state index in [9.17, 15) is 0 Å². The number of benzene rings is 1. The Kier molecular flexibility index (Phi) is 4.73. The third kappa shape index (κ3) is 3.74. The molecule has 1 aliphatic rings. The van der Waals surface area contributed by atoms with Gasteiger partial charge in [0.25, 0.3) is 0 Å². The first-order valence-corrected chi connectivity index (χ1v) is 7.72. The van der Waals surface area contributed by atoms with Gasteiger partial charge in [0.05, 0.1) is 5.02 Å². The number of ether oxygens (including phenoxy) is 1. The Bertz CT molecular complexity index is 597. The van der Waals surface area contributed by atoms with Gasteiger partial charge in [-0.05, 0) is 42.5 Å². The normalized spacial score (nSPS) is 15.9. The molecule has 1 aromatic carbocycles. The van der Waals surface area contributed by atoms with Crippen molar-refractivity contribution in [2.45, 2.75) is 12.8 Å². The van der Waals surface area contributed by atoms with Gasteiger partial charge in [-0.1, -0.05) is 23.7 Å². The van der Waals surface area contributed by atoms with Crippen LogP contribution in [0.4, 0.5) is 5.69 Å². The van der Waals surface area contributed by atoms with Crippen LogP contribution in [0.25, 0.3) is 11.1 Å². The van der Waals surface area contributed by atoms with E-state index >= 15 is 0 Å². The minimum absolute atomic E-state index is 0.680. The molecule has 2 heterocycles. The first kappa shape index (κ1) is 14.4. The predicted molar refractivity (Wildman–Crippen MR) is 86.7 cm³/mol. The first-order valence-electron chi connectivity index (χ1n) is 7.34. The molecule has 1 fully saturated rings. The van der Waals surface area contributed by atoms with Crippen LogP contribution in [0.2, 0.25) is 5.02 Å². The second kappa shape index (κ2) is 6.92. The molecule has 1 saturated heterocycles. The van der Waals surface area contributed by atoms with E-state index in [2.05, 4.69) is 34.6 Å². The van der Waals surface area contributed by atoms with Gasteiger partial charge >= 0.3 is 0 Å². The maximum atomic E-state index is 6.21. The van der Waals surface area contributed by atoms with Gasteiger partial charge in [-0.3, -0.25) is 4.98 Å². The number of nitrogens with one attached hydrogen (secondary N) is 1. The molecule has 0 amide bonds. The highest BCUT2D eigenvalue weighted by Gasteiger charge is 2.13. The Morgan fingerprint density at radius 2 is 2.10 bits per heavy atom. The summed E-state index contributed by atoms with van der Waals surface area (Å²) in [5, 5.41) is 4.21. The topological polar surface area (TPSA) is 34.2 Å². The number of rotatable bonds is 4. The molecule has 4 heteroatoms. The molecular weight excluding hydrogens is 284 g/mol. The summed E-state index contributed by atoms with van der Waals surface area (Å²) in [6.45, 7) is 2.77. The van der Waals surface area contributed by atoms with Crippen LogP contribution in [-0.2, 0) is 4.74 Å². The molecule has 1 aliphatic heterocycles. The van der Waals surface area contributed by atoms with Gasteiger partial charge in [-0.15, -0.1) is 0 Å². The van der Waals surface area contributed by atoms with E-state index in [1.807, 2.05) is 6.07 Å².